The van der Waals surface area contributed by atoms with Crippen molar-refractivity contribution in [3.05, 3.63) is 0 Å². The molecule has 1 aliphatic rings. The van der Waals surface area contributed by atoms with E-state index in [0.717, 1.165) is 0 Å². The Morgan fingerprint density at radius 2 is 2.27 bits per heavy atom. The molecule has 11 heavy (non-hydrogen) atoms. The number of ether oxygens (including phenoxy) is 3. The van der Waals surface area contributed by atoms with Crippen molar-refractivity contribution in [1.82, 2.24) is 0 Å². The Kier molecular flexibility index (Phi) is 4.14. The third kappa shape index (κ3) is 3.37. The number of thiocarbonyl (C=S) groups is 1. The molecule has 0 aliphatic carbocycles. The molecule has 0 aromatic rings. The number of rotatable bonds is 2. The Morgan fingerprint density at radius 1 is 1.64 bits per heavy atom. The molecule has 1 saturated heterocycles. The second-order valence-electron chi connectivity index (χ2n) is 1.94. The molecule has 5 heteroatoms. The Morgan fingerprint density at radius 3 is 2.82 bits per heavy atom. The lowest BCUT2D eigenvalue weighted by Gasteiger charge is -2.07. The van der Waals surface area contributed by atoms with Crippen LogP contribution in [0.15, 0.2) is 0 Å². The van der Waals surface area contributed by atoms with Crippen LogP contribution in [0.25, 0.3) is 0 Å². The summed E-state index contributed by atoms with van der Waals surface area (Å²) in [5, 5.41) is 0. The lowest BCUT2D eigenvalue weighted by molar-refractivity contribution is -0.0213. The second-order valence-corrected chi connectivity index (χ2v) is 3.56. The lowest BCUT2D eigenvalue weighted by Crippen LogP contribution is -2.12. The number of hydrogen-bond acceptors (Lipinski definition) is 5. The first-order valence-corrected chi connectivity index (χ1v) is 4.66. The van der Waals surface area contributed by atoms with Crippen LogP contribution >= 0.6 is 24.0 Å². The van der Waals surface area contributed by atoms with E-state index in [9.17, 15) is 0 Å². The molecule has 1 aliphatic heterocycles. The zero-order valence-electron chi connectivity index (χ0n) is 6.24. The average Bonchev–Trinajstić information content (AvgIpc) is 2.52. The molecule has 64 valence electrons. The Balaban J connectivity index is 2.06. The van der Waals surface area contributed by atoms with Crippen molar-refractivity contribution in [2.24, 2.45) is 0 Å². The predicted molar refractivity (Wildman–Crippen MR) is 47.8 cm³/mol. The molecule has 0 aromatic carbocycles. The molecule has 0 N–H and O–H groups in total. The summed E-state index contributed by atoms with van der Waals surface area (Å²) in [6.07, 6.45) is -0.104. The van der Waals surface area contributed by atoms with Crippen LogP contribution in [0.4, 0.5) is 0 Å². The largest absolute Gasteiger partial charge is 0.482 e. The highest BCUT2D eigenvalue weighted by atomic mass is 32.2. The first-order valence-electron chi connectivity index (χ1n) is 3.27. The van der Waals surface area contributed by atoms with Crippen LogP contribution in [0.2, 0.25) is 0 Å². The van der Waals surface area contributed by atoms with Crippen molar-refractivity contribution in [3.8, 4) is 0 Å². The normalized spacial score (nSPS) is 18.6. The summed E-state index contributed by atoms with van der Waals surface area (Å²) in [5.74, 6) is 0.715. The van der Waals surface area contributed by atoms with Crippen LogP contribution in [0.3, 0.4) is 0 Å². The van der Waals surface area contributed by atoms with Crippen LogP contribution in [-0.4, -0.2) is 36.7 Å². The zero-order valence-corrected chi connectivity index (χ0v) is 7.87. The summed E-state index contributed by atoms with van der Waals surface area (Å²) in [4.78, 5) is 0. The first-order chi connectivity index (χ1) is 5.33. The minimum absolute atomic E-state index is 0.104. The number of methoxy groups -OCH3 is 1. The van der Waals surface area contributed by atoms with E-state index in [-0.39, 0.29) is 6.29 Å². The van der Waals surface area contributed by atoms with Gasteiger partial charge in [-0.3, -0.25) is 0 Å². The summed E-state index contributed by atoms with van der Waals surface area (Å²) in [7, 11) is 1.56. The van der Waals surface area contributed by atoms with Gasteiger partial charge in [0.15, 0.2) is 6.29 Å². The summed E-state index contributed by atoms with van der Waals surface area (Å²) < 4.78 is 15.7. The highest BCUT2D eigenvalue weighted by Gasteiger charge is 2.16. The third-order valence-corrected chi connectivity index (χ3v) is 2.56. The van der Waals surface area contributed by atoms with Gasteiger partial charge in [-0.25, -0.2) is 0 Å². The summed E-state index contributed by atoms with van der Waals surface area (Å²) in [6, 6.07) is 0. The standard InChI is InChI=1S/C6H10O3S2/c1-7-6(10)11-4-5-8-2-3-9-5/h5H,2-4H2,1H3. The maximum absolute atomic E-state index is 5.19. The van der Waals surface area contributed by atoms with E-state index in [1.807, 2.05) is 0 Å². The van der Waals surface area contributed by atoms with Gasteiger partial charge >= 0.3 is 0 Å². The quantitative estimate of drug-likeness (QED) is 0.612. The van der Waals surface area contributed by atoms with Crippen LogP contribution in [-0.2, 0) is 14.2 Å². The van der Waals surface area contributed by atoms with Crippen molar-refractivity contribution < 1.29 is 14.2 Å². The van der Waals surface area contributed by atoms with E-state index in [1.54, 1.807) is 7.11 Å². The van der Waals surface area contributed by atoms with Crippen molar-refractivity contribution in [2.75, 3.05) is 26.1 Å². The molecule has 0 bridgehead atoms. The molecule has 1 heterocycles. The van der Waals surface area contributed by atoms with Gasteiger partial charge in [0.25, 0.3) is 0 Å². The highest BCUT2D eigenvalue weighted by Crippen LogP contribution is 2.13. The van der Waals surface area contributed by atoms with Crippen LogP contribution in [0.1, 0.15) is 0 Å². The molecular formula is C6H10O3S2. The van der Waals surface area contributed by atoms with Gasteiger partial charge in [-0.1, -0.05) is 11.8 Å². The van der Waals surface area contributed by atoms with Crippen LogP contribution < -0.4 is 0 Å². The van der Waals surface area contributed by atoms with Gasteiger partial charge in [0.1, 0.15) is 0 Å². The fraction of sp³-hybridized carbons (Fsp3) is 0.833. The topological polar surface area (TPSA) is 27.7 Å². The van der Waals surface area contributed by atoms with Gasteiger partial charge in [0, 0.05) is 0 Å². The maximum atomic E-state index is 5.19. The van der Waals surface area contributed by atoms with Crippen molar-refractivity contribution >= 4 is 28.4 Å². The molecule has 0 saturated carbocycles. The van der Waals surface area contributed by atoms with Gasteiger partial charge in [-0.15, -0.1) is 0 Å². The van der Waals surface area contributed by atoms with Crippen molar-refractivity contribution in [2.45, 2.75) is 6.29 Å². The molecule has 0 amide bonds. The fourth-order valence-corrected chi connectivity index (χ4v) is 1.49. The Bertz CT molecular complexity index is 134. The van der Waals surface area contributed by atoms with Gasteiger partial charge < -0.3 is 14.2 Å². The van der Waals surface area contributed by atoms with Gasteiger partial charge in [0.05, 0.1) is 26.1 Å². The SMILES string of the molecule is COC(=S)SCC1OCCO1. The van der Waals surface area contributed by atoms with E-state index in [2.05, 4.69) is 0 Å². The lowest BCUT2D eigenvalue weighted by atomic mass is 10.8. The number of hydrogen-bond donors (Lipinski definition) is 0. The molecule has 3 nitrogen and oxygen atoms in total. The van der Waals surface area contributed by atoms with Crippen LogP contribution in [0.5, 0.6) is 0 Å². The van der Waals surface area contributed by atoms with Crippen LogP contribution in [0, 0.1) is 0 Å². The van der Waals surface area contributed by atoms with E-state index in [4.69, 9.17) is 26.4 Å². The molecular weight excluding hydrogens is 184 g/mol. The number of thioether (sulfide) groups is 1. The van der Waals surface area contributed by atoms with E-state index in [0.29, 0.717) is 23.3 Å². The van der Waals surface area contributed by atoms with E-state index < -0.39 is 0 Å². The van der Waals surface area contributed by atoms with Gasteiger partial charge in [0.2, 0.25) is 4.38 Å². The smallest absolute Gasteiger partial charge is 0.219 e. The van der Waals surface area contributed by atoms with Gasteiger partial charge in [-0.2, -0.15) is 0 Å². The minimum Gasteiger partial charge on any atom is -0.482 e. The molecule has 0 spiro atoms. The average molecular weight is 194 g/mol. The summed E-state index contributed by atoms with van der Waals surface area (Å²) in [5.41, 5.74) is 0. The molecule has 0 unspecified atom stereocenters. The monoisotopic (exact) mass is 194 g/mol. The summed E-state index contributed by atoms with van der Waals surface area (Å²) in [6.45, 7) is 1.37. The zero-order chi connectivity index (χ0) is 8.10. The Hall–Kier alpha value is 0.160. The second kappa shape index (κ2) is 4.92. The third-order valence-electron chi connectivity index (χ3n) is 1.19. The fourth-order valence-electron chi connectivity index (χ4n) is 0.698. The van der Waals surface area contributed by atoms with E-state index in [1.165, 1.54) is 11.8 Å². The van der Waals surface area contributed by atoms with Crippen molar-refractivity contribution in [3.63, 3.8) is 0 Å². The molecule has 0 radical (unpaired) electrons. The molecule has 1 fully saturated rings. The Labute approximate surface area is 75.4 Å². The van der Waals surface area contributed by atoms with E-state index >= 15 is 0 Å². The van der Waals surface area contributed by atoms with Crippen molar-refractivity contribution in [1.29, 1.82) is 0 Å². The minimum atomic E-state index is -0.104. The first kappa shape index (κ1) is 9.25. The maximum Gasteiger partial charge on any atom is 0.219 e. The molecule has 1 rings (SSSR count). The predicted octanol–water partition coefficient (Wildman–Crippen LogP) is 1.02. The highest BCUT2D eigenvalue weighted by molar-refractivity contribution is 8.22. The molecule has 0 aromatic heterocycles. The van der Waals surface area contributed by atoms with Gasteiger partial charge in [-0.05, 0) is 12.2 Å². The summed E-state index contributed by atoms with van der Waals surface area (Å²) >= 11 is 6.25. The molecule has 0 atom stereocenters.